The largest absolute Gasteiger partial charge is 1.00 e. The third-order valence-electron chi connectivity index (χ3n) is 7.21. The van der Waals surface area contributed by atoms with E-state index in [1.165, 1.54) is 42.6 Å². The van der Waals surface area contributed by atoms with Gasteiger partial charge in [-0.15, -0.1) is 0 Å². The van der Waals surface area contributed by atoms with E-state index in [4.69, 9.17) is 4.74 Å². The Kier molecular flexibility index (Phi) is 7.66. The Labute approximate surface area is 193 Å². The van der Waals surface area contributed by atoms with Gasteiger partial charge in [-0.05, 0) is 54.5 Å². The number of likely N-dealkylation sites (tertiary alicyclic amines) is 1. The number of nitrogens with one attached hydrogen (secondary N) is 1. The molecule has 0 aliphatic carbocycles. The lowest BCUT2D eigenvalue weighted by Crippen LogP contribution is -3.00. The molecule has 0 aromatic heterocycles. The molecule has 2 aromatic carbocycles. The van der Waals surface area contributed by atoms with Gasteiger partial charge >= 0.3 is 0 Å². The second-order valence-electron chi connectivity index (χ2n) is 9.42. The summed E-state index contributed by atoms with van der Waals surface area (Å²) in [4.78, 5) is 11.6. The predicted octanol–water partition coefficient (Wildman–Crippen LogP) is 1.99. The molecule has 1 amide bonds. The number of piperidine rings is 1. The quantitative estimate of drug-likeness (QED) is 0.548. The number of halogens is 1. The standard InChI is InChI=1S/C26H34N2O2.ClH/c1-19-6-4-7-24(20(19)2)21-12-15-28(3,16-13-21)14-5-17-30-23-10-8-22-9-11-26(29)27-25(22)18-23;/h4,6-8,10,18,21H,5,9,11-17H2,1-3H3;1H. The molecule has 0 radical (unpaired) electrons. The van der Waals surface area contributed by atoms with E-state index in [0.717, 1.165) is 41.9 Å². The molecule has 2 aromatic rings. The lowest BCUT2D eigenvalue weighted by Gasteiger charge is -2.41. The molecular weight excluding hydrogens is 408 g/mol. The Morgan fingerprint density at radius 2 is 1.87 bits per heavy atom. The number of fused-ring (bicyclic) bond motifs is 1. The van der Waals surface area contributed by atoms with E-state index < -0.39 is 0 Å². The highest BCUT2D eigenvalue weighted by Crippen LogP contribution is 2.33. The van der Waals surface area contributed by atoms with Crippen LogP contribution in [0.2, 0.25) is 0 Å². The molecule has 0 saturated carbocycles. The highest BCUT2D eigenvalue weighted by molar-refractivity contribution is 5.94. The normalized spacial score (nSPS) is 22.8. The van der Waals surface area contributed by atoms with Gasteiger partial charge in [0.2, 0.25) is 5.91 Å². The van der Waals surface area contributed by atoms with Crippen LogP contribution in [-0.2, 0) is 11.2 Å². The van der Waals surface area contributed by atoms with Crippen LogP contribution < -0.4 is 22.5 Å². The van der Waals surface area contributed by atoms with Crippen molar-refractivity contribution >= 4 is 11.6 Å². The molecule has 168 valence electrons. The molecule has 4 nitrogen and oxygen atoms in total. The molecule has 2 heterocycles. The molecular formula is C26H35ClN2O2. The number of hydrogen-bond donors (Lipinski definition) is 1. The van der Waals surface area contributed by atoms with E-state index in [1.807, 2.05) is 12.1 Å². The zero-order chi connectivity index (χ0) is 21.1. The Hall–Kier alpha value is -2.04. The number of nitrogens with zero attached hydrogens (tertiary/aromatic N) is 1. The number of carbonyl (C=O) groups is 1. The average molecular weight is 443 g/mol. The molecule has 0 unspecified atom stereocenters. The van der Waals surface area contributed by atoms with Crippen LogP contribution in [-0.4, -0.2) is 43.7 Å². The van der Waals surface area contributed by atoms with Gasteiger partial charge in [-0.3, -0.25) is 4.79 Å². The number of benzene rings is 2. The van der Waals surface area contributed by atoms with Crippen molar-refractivity contribution in [3.05, 3.63) is 58.7 Å². The fourth-order valence-corrected chi connectivity index (χ4v) is 5.02. The van der Waals surface area contributed by atoms with Crippen molar-refractivity contribution in [3.63, 3.8) is 0 Å². The first-order chi connectivity index (χ1) is 14.4. The first kappa shape index (κ1) is 23.6. The number of hydrogen-bond acceptors (Lipinski definition) is 2. The first-order valence-electron chi connectivity index (χ1n) is 11.4. The van der Waals surface area contributed by atoms with Crippen LogP contribution in [0.25, 0.3) is 0 Å². The van der Waals surface area contributed by atoms with Crippen molar-refractivity contribution in [2.45, 2.75) is 51.9 Å². The van der Waals surface area contributed by atoms with Gasteiger partial charge in [0.15, 0.2) is 0 Å². The second kappa shape index (κ2) is 10.1. The van der Waals surface area contributed by atoms with Crippen molar-refractivity contribution in [3.8, 4) is 5.75 Å². The van der Waals surface area contributed by atoms with Gasteiger partial charge in [0.1, 0.15) is 5.75 Å². The number of quaternary nitrogens is 1. The van der Waals surface area contributed by atoms with Crippen LogP contribution in [0.4, 0.5) is 5.69 Å². The van der Waals surface area contributed by atoms with Gasteiger partial charge in [0.25, 0.3) is 0 Å². The van der Waals surface area contributed by atoms with Gasteiger partial charge in [-0.25, -0.2) is 0 Å². The van der Waals surface area contributed by atoms with Crippen LogP contribution >= 0.6 is 0 Å². The Morgan fingerprint density at radius 3 is 2.65 bits per heavy atom. The summed E-state index contributed by atoms with van der Waals surface area (Å²) in [6.45, 7) is 8.85. The fourth-order valence-electron chi connectivity index (χ4n) is 5.02. The highest BCUT2D eigenvalue weighted by Gasteiger charge is 2.31. The van der Waals surface area contributed by atoms with Crippen LogP contribution in [0.3, 0.4) is 0 Å². The summed E-state index contributed by atoms with van der Waals surface area (Å²) >= 11 is 0. The zero-order valence-electron chi connectivity index (χ0n) is 19.0. The number of rotatable bonds is 6. The number of aryl methyl sites for hydroxylation is 2. The number of anilines is 1. The second-order valence-corrected chi connectivity index (χ2v) is 9.42. The van der Waals surface area contributed by atoms with Crippen molar-refractivity contribution in [1.29, 1.82) is 0 Å². The van der Waals surface area contributed by atoms with E-state index >= 15 is 0 Å². The van der Waals surface area contributed by atoms with Gasteiger partial charge in [0.05, 0.1) is 33.3 Å². The minimum atomic E-state index is 0. The van der Waals surface area contributed by atoms with Crippen molar-refractivity contribution in [2.24, 2.45) is 0 Å². The summed E-state index contributed by atoms with van der Waals surface area (Å²) in [7, 11) is 2.40. The summed E-state index contributed by atoms with van der Waals surface area (Å²) in [5.41, 5.74) is 6.56. The minimum absolute atomic E-state index is 0. The highest BCUT2D eigenvalue weighted by atomic mass is 35.5. The minimum Gasteiger partial charge on any atom is -1.00 e. The smallest absolute Gasteiger partial charge is 0.224 e. The number of carbonyl (C=O) groups excluding carboxylic acids is 1. The van der Waals surface area contributed by atoms with Crippen LogP contribution in [0.5, 0.6) is 5.75 Å². The Balaban J connectivity index is 0.00000272. The topological polar surface area (TPSA) is 38.3 Å². The molecule has 31 heavy (non-hydrogen) atoms. The lowest BCUT2D eigenvalue weighted by molar-refractivity contribution is -0.914. The molecule has 0 bridgehead atoms. The molecule has 1 saturated heterocycles. The van der Waals surface area contributed by atoms with Crippen molar-refractivity contribution < 1.29 is 26.4 Å². The maximum Gasteiger partial charge on any atom is 0.224 e. The first-order valence-corrected chi connectivity index (χ1v) is 11.4. The van der Waals surface area contributed by atoms with Gasteiger partial charge in [0, 0.05) is 37.4 Å². The summed E-state index contributed by atoms with van der Waals surface area (Å²) in [5, 5.41) is 2.95. The van der Waals surface area contributed by atoms with Crippen molar-refractivity contribution in [1.82, 2.24) is 0 Å². The third kappa shape index (κ3) is 5.61. The van der Waals surface area contributed by atoms with Crippen LogP contribution in [0, 0.1) is 13.8 Å². The lowest BCUT2D eigenvalue weighted by atomic mass is 9.85. The van der Waals surface area contributed by atoms with Crippen molar-refractivity contribution in [2.75, 3.05) is 38.6 Å². The maximum absolute atomic E-state index is 11.6. The predicted molar refractivity (Wildman–Crippen MR) is 122 cm³/mol. The number of amides is 1. The summed E-state index contributed by atoms with van der Waals surface area (Å²) in [5.74, 6) is 1.66. The number of ether oxygens (including phenoxy) is 1. The molecule has 2 aliphatic rings. The fraction of sp³-hybridized carbons (Fsp3) is 0.500. The Bertz CT molecular complexity index is 920. The molecule has 1 N–H and O–H groups in total. The van der Waals surface area contributed by atoms with E-state index in [-0.39, 0.29) is 18.3 Å². The molecule has 0 spiro atoms. The van der Waals surface area contributed by atoms with E-state index in [0.29, 0.717) is 12.3 Å². The van der Waals surface area contributed by atoms with E-state index in [2.05, 4.69) is 50.5 Å². The van der Waals surface area contributed by atoms with Crippen LogP contribution in [0.1, 0.15) is 53.9 Å². The monoisotopic (exact) mass is 442 g/mol. The molecule has 4 rings (SSSR count). The zero-order valence-corrected chi connectivity index (χ0v) is 19.8. The Morgan fingerprint density at radius 1 is 1.10 bits per heavy atom. The average Bonchev–Trinajstić information content (AvgIpc) is 2.74. The van der Waals surface area contributed by atoms with Crippen LogP contribution in [0.15, 0.2) is 36.4 Å². The van der Waals surface area contributed by atoms with Gasteiger partial charge < -0.3 is 26.9 Å². The van der Waals surface area contributed by atoms with Gasteiger partial charge in [-0.2, -0.15) is 0 Å². The van der Waals surface area contributed by atoms with E-state index in [9.17, 15) is 4.79 Å². The molecule has 0 atom stereocenters. The SMILES string of the molecule is Cc1cccc(C2CC[N+](C)(CCCOc3ccc4c(c3)NC(=O)CC4)CC2)c1C.[Cl-]. The molecule has 1 fully saturated rings. The third-order valence-corrected chi connectivity index (χ3v) is 7.21. The summed E-state index contributed by atoms with van der Waals surface area (Å²) in [6, 6.07) is 12.8. The van der Waals surface area contributed by atoms with Gasteiger partial charge in [-0.1, -0.05) is 24.3 Å². The summed E-state index contributed by atoms with van der Waals surface area (Å²) in [6.07, 6.45) is 4.99. The molecule has 5 heteroatoms. The summed E-state index contributed by atoms with van der Waals surface area (Å²) < 4.78 is 7.15. The molecule has 2 aliphatic heterocycles. The maximum atomic E-state index is 11.6. The van der Waals surface area contributed by atoms with E-state index in [1.54, 1.807) is 5.56 Å².